The number of aliphatic hydroxyl groups excluding tert-OH is 1. The Morgan fingerprint density at radius 3 is 2.58 bits per heavy atom. The van der Waals surface area contributed by atoms with Crippen LogP contribution in [0.1, 0.15) is 39.0 Å². The number of benzene rings is 2. The van der Waals surface area contributed by atoms with Gasteiger partial charge in [0.15, 0.2) is 0 Å². The van der Waals surface area contributed by atoms with Crippen molar-refractivity contribution in [2.75, 3.05) is 5.32 Å². The molecule has 1 fully saturated rings. The maximum absolute atomic E-state index is 12.9. The molecule has 0 spiro atoms. The molecule has 1 amide bonds. The van der Waals surface area contributed by atoms with Gasteiger partial charge >= 0.3 is 0 Å². The van der Waals surface area contributed by atoms with Crippen molar-refractivity contribution in [1.29, 1.82) is 0 Å². The molecule has 0 bridgehead atoms. The lowest BCUT2D eigenvalue weighted by molar-refractivity contribution is -0.126. The van der Waals surface area contributed by atoms with Crippen molar-refractivity contribution >= 4 is 40.0 Å². The van der Waals surface area contributed by atoms with Crippen molar-refractivity contribution in [3.05, 3.63) is 48.5 Å². The fraction of sp³-hybridized carbons (Fsp3) is 0.333. The summed E-state index contributed by atoms with van der Waals surface area (Å²) in [4.78, 5) is 13.8. The Hall–Kier alpha value is -1.85. The molecule has 0 aliphatic heterocycles. The van der Waals surface area contributed by atoms with Crippen LogP contribution in [0.5, 0.6) is 0 Å². The fourth-order valence-corrected chi connectivity index (χ4v) is 4.33. The van der Waals surface area contributed by atoms with Gasteiger partial charge in [0.25, 0.3) is 0 Å². The Labute approximate surface area is 164 Å². The summed E-state index contributed by atoms with van der Waals surface area (Å²) in [7, 11) is 0. The molecule has 136 valence electrons. The Balaban J connectivity index is 1.87. The molecule has 1 aliphatic rings. The van der Waals surface area contributed by atoms with E-state index in [9.17, 15) is 9.90 Å². The number of thiocarbonyl (C=S) groups is 1. The zero-order chi connectivity index (χ0) is 18.6. The summed E-state index contributed by atoms with van der Waals surface area (Å²) in [5.41, 5.74) is 2.48. The van der Waals surface area contributed by atoms with E-state index in [4.69, 9.17) is 12.2 Å². The molecule has 0 aromatic heterocycles. The van der Waals surface area contributed by atoms with Gasteiger partial charge in [-0.25, -0.2) is 0 Å². The van der Waals surface area contributed by atoms with Crippen LogP contribution in [-0.4, -0.2) is 15.4 Å². The van der Waals surface area contributed by atoms with E-state index in [1.807, 2.05) is 48.5 Å². The third-order valence-electron chi connectivity index (χ3n) is 5.03. The molecule has 2 N–H and O–H groups in total. The van der Waals surface area contributed by atoms with Gasteiger partial charge in [-0.2, -0.15) is 0 Å². The van der Waals surface area contributed by atoms with Crippen molar-refractivity contribution in [3.8, 4) is 11.1 Å². The molecule has 0 saturated heterocycles. The first kappa shape index (κ1) is 18.9. The molecule has 3 nitrogen and oxygen atoms in total. The van der Waals surface area contributed by atoms with Crippen LogP contribution in [0.15, 0.2) is 53.4 Å². The molecule has 0 heterocycles. The summed E-state index contributed by atoms with van der Waals surface area (Å²) >= 11 is 5.92. The van der Waals surface area contributed by atoms with Gasteiger partial charge in [0.1, 0.15) is 0 Å². The maximum Gasteiger partial charge on any atom is 0.230 e. The summed E-state index contributed by atoms with van der Waals surface area (Å²) in [6.45, 7) is 2.07. The second-order valence-corrected chi connectivity index (χ2v) is 8.72. The third kappa shape index (κ3) is 4.46. The van der Waals surface area contributed by atoms with E-state index in [1.165, 1.54) is 6.42 Å². The summed E-state index contributed by atoms with van der Waals surface area (Å²) < 4.78 is -0.103. The average Bonchev–Trinajstić information content (AvgIpc) is 2.62. The van der Waals surface area contributed by atoms with Crippen LogP contribution in [0, 0.1) is 5.41 Å². The highest BCUT2D eigenvalue weighted by Crippen LogP contribution is 2.38. The van der Waals surface area contributed by atoms with E-state index in [2.05, 4.69) is 12.2 Å². The molecule has 1 aliphatic carbocycles. The van der Waals surface area contributed by atoms with Crippen LogP contribution in [0.4, 0.5) is 5.69 Å². The number of para-hydroxylation sites is 1. The summed E-state index contributed by atoms with van der Waals surface area (Å²) in [6, 6.07) is 15.6. The van der Waals surface area contributed by atoms with Crippen LogP contribution in [0.25, 0.3) is 11.1 Å². The van der Waals surface area contributed by atoms with Gasteiger partial charge < -0.3 is 10.4 Å². The van der Waals surface area contributed by atoms with Gasteiger partial charge in [-0.15, -0.1) is 0 Å². The first-order valence-corrected chi connectivity index (χ1v) is 10.1. The predicted molar refractivity (Wildman–Crippen MR) is 113 cm³/mol. The molecule has 1 saturated carbocycles. The molecule has 3 rings (SSSR count). The van der Waals surface area contributed by atoms with E-state index < -0.39 is 0 Å². The number of anilines is 1. The number of carbonyl (C=O) groups excluding carboxylic acids is 1. The van der Waals surface area contributed by atoms with Crippen LogP contribution in [0.2, 0.25) is 0 Å². The second kappa shape index (κ2) is 8.23. The minimum atomic E-state index is -0.286. The Morgan fingerprint density at radius 1 is 1.12 bits per heavy atom. The van der Waals surface area contributed by atoms with Crippen LogP contribution in [-0.2, 0) is 4.79 Å². The molecule has 26 heavy (non-hydrogen) atoms. The van der Waals surface area contributed by atoms with E-state index in [-0.39, 0.29) is 15.7 Å². The summed E-state index contributed by atoms with van der Waals surface area (Å²) in [5, 5.41) is 12.5. The van der Waals surface area contributed by atoms with Crippen molar-refractivity contribution < 1.29 is 9.90 Å². The summed E-state index contributed by atoms with van der Waals surface area (Å²) in [6.07, 6.45) is 5.34. The third-order valence-corrected chi connectivity index (χ3v) is 5.95. The fourth-order valence-electron chi connectivity index (χ4n) is 3.50. The highest BCUT2D eigenvalue weighted by molar-refractivity contribution is 8.22. The number of rotatable bonds is 4. The summed E-state index contributed by atoms with van der Waals surface area (Å²) in [5.74, 6) is 0.103. The van der Waals surface area contributed by atoms with E-state index in [0.717, 1.165) is 59.2 Å². The minimum absolute atomic E-state index is 0.103. The number of carbonyl (C=O) groups is 1. The predicted octanol–water partition coefficient (Wildman–Crippen LogP) is 6.20. The first-order chi connectivity index (χ1) is 12.5. The van der Waals surface area contributed by atoms with Gasteiger partial charge in [-0.3, -0.25) is 4.79 Å². The number of nitrogens with one attached hydrogen (secondary N) is 1. The monoisotopic (exact) mass is 385 g/mol. The molecular weight excluding hydrogens is 362 g/mol. The van der Waals surface area contributed by atoms with E-state index in [1.54, 1.807) is 0 Å². The smallest absolute Gasteiger partial charge is 0.230 e. The Kier molecular flexibility index (Phi) is 5.99. The average molecular weight is 386 g/mol. The lowest BCUT2D eigenvalue weighted by Crippen LogP contribution is -2.35. The highest BCUT2D eigenvalue weighted by atomic mass is 32.2. The van der Waals surface area contributed by atoms with Crippen molar-refractivity contribution in [3.63, 3.8) is 0 Å². The van der Waals surface area contributed by atoms with Crippen molar-refractivity contribution in [1.82, 2.24) is 0 Å². The van der Waals surface area contributed by atoms with Gasteiger partial charge in [0.2, 0.25) is 10.3 Å². The largest absolute Gasteiger partial charge is 0.494 e. The number of hydrogen-bond donors (Lipinski definition) is 2. The van der Waals surface area contributed by atoms with E-state index >= 15 is 0 Å². The van der Waals surface area contributed by atoms with Crippen LogP contribution >= 0.6 is 24.0 Å². The Bertz CT molecular complexity index is 813. The molecule has 2 aromatic rings. The first-order valence-electron chi connectivity index (χ1n) is 8.90. The quantitative estimate of drug-likeness (QED) is 0.486. The molecule has 2 aromatic carbocycles. The number of thioether (sulfide) groups is 1. The Morgan fingerprint density at radius 2 is 1.85 bits per heavy atom. The standard InChI is InChI=1S/C21H23NO2S2/c1-21(12-5-2-6-13-21)19(23)22-18-11-4-3-10-17(18)15-8-7-9-16(14-15)26-20(24)25/h3-4,7-11,14H,2,5-6,12-13H2,1H3,(H,22,23)(H,24,25). The van der Waals surface area contributed by atoms with Gasteiger partial charge in [0.05, 0.1) is 0 Å². The molecular formula is C21H23NO2S2. The van der Waals surface area contributed by atoms with Gasteiger partial charge in [-0.1, -0.05) is 56.5 Å². The number of amides is 1. The van der Waals surface area contributed by atoms with Crippen LogP contribution in [0.3, 0.4) is 0 Å². The van der Waals surface area contributed by atoms with Gasteiger partial charge in [0, 0.05) is 21.6 Å². The minimum Gasteiger partial charge on any atom is -0.494 e. The zero-order valence-electron chi connectivity index (χ0n) is 14.8. The van der Waals surface area contributed by atoms with Gasteiger partial charge in [-0.05, 0) is 60.6 Å². The number of aliphatic hydroxyl groups is 1. The highest BCUT2D eigenvalue weighted by Gasteiger charge is 2.34. The molecule has 5 heteroatoms. The SMILES string of the molecule is CC1(C(=O)Nc2ccccc2-c2cccc(SC(O)=S)c2)CCCCC1. The maximum atomic E-state index is 12.9. The normalized spacial score (nSPS) is 16.0. The van der Waals surface area contributed by atoms with Crippen molar-refractivity contribution in [2.24, 2.45) is 5.41 Å². The topological polar surface area (TPSA) is 49.3 Å². The molecule has 0 radical (unpaired) electrons. The van der Waals surface area contributed by atoms with Crippen LogP contribution < -0.4 is 5.32 Å². The molecule has 0 unspecified atom stereocenters. The molecule has 0 atom stereocenters. The lowest BCUT2D eigenvalue weighted by atomic mass is 9.75. The van der Waals surface area contributed by atoms with E-state index in [0.29, 0.717) is 0 Å². The number of hydrogen-bond acceptors (Lipinski definition) is 3. The zero-order valence-corrected chi connectivity index (χ0v) is 16.5. The lowest BCUT2D eigenvalue weighted by Gasteiger charge is -2.32. The van der Waals surface area contributed by atoms with Crippen molar-refractivity contribution in [2.45, 2.75) is 43.9 Å². The second-order valence-electron chi connectivity index (χ2n) is 7.02.